The Bertz CT molecular complexity index is 639. The number of benzene rings is 1. The Hall–Kier alpha value is -2.13. The van der Waals surface area contributed by atoms with Gasteiger partial charge in [-0.05, 0) is 31.0 Å². The number of rotatable bonds is 8. The van der Waals surface area contributed by atoms with E-state index in [1.165, 1.54) is 6.07 Å². The molecule has 0 aliphatic rings. The van der Waals surface area contributed by atoms with Crippen LogP contribution in [0.1, 0.15) is 29.6 Å². The molecule has 0 amide bonds. The SMILES string of the molecule is NS(=O)(=O)c1ccc(OCCCCC(=O)O)c(C(=O)O)c1. The fourth-order valence-electron chi connectivity index (χ4n) is 1.54. The van der Waals surface area contributed by atoms with E-state index >= 15 is 0 Å². The number of hydrogen-bond donors (Lipinski definition) is 3. The molecule has 0 radical (unpaired) electrons. The first-order valence-electron chi connectivity index (χ1n) is 5.96. The number of hydrogen-bond acceptors (Lipinski definition) is 5. The van der Waals surface area contributed by atoms with Gasteiger partial charge >= 0.3 is 11.9 Å². The largest absolute Gasteiger partial charge is 0.493 e. The number of ether oxygens (including phenoxy) is 1. The molecule has 1 aromatic carbocycles. The molecule has 0 fully saturated rings. The number of carboxylic acids is 2. The Morgan fingerprint density at radius 3 is 2.38 bits per heavy atom. The first-order chi connectivity index (χ1) is 9.71. The molecule has 1 rings (SSSR count). The van der Waals surface area contributed by atoms with Crippen molar-refractivity contribution in [2.24, 2.45) is 5.14 Å². The molecule has 0 saturated carbocycles. The van der Waals surface area contributed by atoms with Crippen molar-refractivity contribution < 1.29 is 33.0 Å². The highest BCUT2D eigenvalue weighted by Crippen LogP contribution is 2.22. The fraction of sp³-hybridized carbons (Fsp3) is 0.333. The van der Waals surface area contributed by atoms with Crippen LogP contribution in [-0.4, -0.2) is 37.2 Å². The predicted molar refractivity (Wildman–Crippen MR) is 71.8 cm³/mol. The van der Waals surface area contributed by atoms with Crippen LogP contribution in [0.25, 0.3) is 0 Å². The third-order valence-corrected chi connectivity index (χ3v) is 3.46. The van der Waals surface area contributed by atoms with Gasteiger partial charge in [0.05, 0.1) is 11.5 Å². The van der Waals surface area contributed by atoms with E-state index in [-0.39, 0.29) is 29.2 Å². The van der Waals surface area contributed by atoms with Crippen LogP contribution in [0.4, 0.5) is 0 Å². The van der Waals surface area contributed by atoms with Crippen LogP contribution in [0.2, 0.25) is 0 Å². The summed E-state index contributed by atoms with van der Waals surface area (Å²) in [4.78, 5) is 21.1. The second kappa shape index (κ2) is 7.04. The zero-order chi connectivity index (χ0) is 16.0. The van der Waals surface area contributed by atoms with Gasteiger partial charge in [-0.15, -0.1) is 0 Å². The summed E-state index contributed by atoms with van der Waals surface area (Å²) >= 11 is 0. The summed E-state index contributed by atoms with van der Waals surface area (Å²) in [5, 5.41) is 22.4. The molecule has 4 N–H and O–H groups in total. The van der Waals surface area contributed by atoms with Crippen LogP contribution < -0.4 is 9.88 Å². The topological polar surface area (TPSA) is 144 Å². The van der Waals surface area contributed by atoms with Crippen molar-refractivity contribution in [1.29, 1.82) is 0 Å². The summed E-state index contributed by atoms with van der Waals surface area (Å²) in [5.41, 5.74) is -0.320. The van der Waals surface area contributed by atoms with Crippen molar-refractivity contribution in [1.82, 2.24) is 0 Å². The van der Waals surface area contributed by atoms with E-state index < -0.39 is 22.0 Å². The van der Waals surface area contributed by atoms with Gasteiger partial charge in [0.1, 0.15) is 11.3 Å². The number of nitrogens with two attached hydrogens (primary N) is 1. The lowest BCUT2D eigenvalue weighted by Gasteiger charge is -2.10. The van der Waals surface area contributed by atoms with E-state index in [9.17, 15) is 18.0 Å². The summed E-state index contributed by atoms with van der Waals surface area (Å²) in [6.45, 7) is 0.127. The number of unbranched alkanes of at least 4 members (excludes halogenated alkanes) is 1. The number of carbonyl (C=O) groups is 2. The maximum absolute atomic E-state index is 11.2. The van der Waals surface area contributed by atoms with Crippen LogP contribution >= 0.6 is 0 Å². The second-order valence-corrected chi connectivity index (χ2v) is 5.77. The molecule has 1 aromatic rings. The number of aromatic carboxylic acids is 1. The van der Waals surface area contributed by atoms with E-state index in [2.05, 4.69) is 0 Å². The van der Waals surface area contributed by atoms with E-state index in [1.807, 2.05) is 0 Å². The maximum Gasteiger partial charge on any atom is 0.339 e. The zero-order valence-corrected chi connectivity index (χ0v) is 11.8. The lowest BCUT2D eigenvalue weighted by Crippen LogP contribution is -2.14. The number of carboxylic acid groups (broad SMARTS) is 2. The average molecular weight is 317 g/mol. The van der Waals surface area contributed by atoms with Crippen molar-refractivity contribution in [3.8, 4) is 5.75 Å². The van der Waals surface area contributed by atoms with Gasteiger partial charge in [-0.25, -0.2) is 18.4 Å². The van der Waals surface area contributed by atoms with Gasteiger partial charge in [0.15, 0.2) is 0 Å². The Morgan fingerprint density at radius 1 is 1.19 bits per heavy atom. The molecule has 0 aliphatic heterocycles. The standard InChI is InChI=1S/C12H15NO7S/c13-21(18,19)8-4-5-10(9(7-8)12(16)17)20-6-2-1-3-11(14)15/h4-5,7H,1-3,6H2,(H,14,15)(H,16,17)(H2,13,18,19). The molecule has 0 bridgehead atoms. The summed E-state index contributed by atoms with van der Waals surface area (Å²) in [6, 6.07) is 3.28. The van der Waals surface area contributed by atoms with Gasteiger partial charge in [-0.2, -0.15) is 0 Å². The number of aliphatic carboxylic acids is 1. The molecular weight excluding hydrogens is 302 g/mol. The first kappa shape index (κ1) is 16.9. The van der Waals surface area contributed by atoms with E-state index in [0.29, 0.717) is 12.8 Å². The molecule has 0 unspecified atom stereocenters. The van der Waals surface area contributed by atoms with Gasteiger partial charge < -0.3 is 14.9 Å². The highest BCUT2D eigenvalue weighted by Gasteiger charge is 2.16. The molecule has 0 aromatic heterocycles. The van der Waals surface area contributed by atoms with Crippen molar-refractivity contribution in [2.75, 3.05) is 6.61 Å². The van der Waals surface area contributed by atoms with Crippen molar-refractivity contribution in [2.45, 2.75) is 24.2 Å². The van der Waals surface area contributed by atoms with Crippen LogP contribution in [0.5, 0.6) is 5.75 Å². The minimum Gasteiger partial charge on any atom is -0.493 e. The quantitative estimate of drug-likeness (QED) is 0.597. The smallest absolute Gasteiger partial charge is 0.339 e. The molecule has 21 heavy (non-hydrogen) atoms. The fourth-order valence-corrected chi connectivity index (χ4v) is 2.08. The first-order valence-corrected chi connectivity index (χ1v) is 7.51. The molecule has 0 atom stereocenters. The predicted octanol–water partition coefficient (Wildman–Crippen LogP) is 0.666. The second-order valence-electron chi connectivity index (χ2n) is 4.21. The van der Waals surface area contributed by atoms with E-state index in [1.54, 1.807) is 0 Å². The molecule has 116 valence electrons. The minimum absolute atomic E-state index is 0.000493. The van der Waals surface area contributed by atoms with Crippen LogP contribution in [0, 0.1) is 0 Å². The van der Waals surface area contributed by atoms with Gasteiger partial charge in [0.2, 0.25) is 10.0 Å². The molecule has 0 saturated heterocycles. The molecule has 9 heteroatoms. The Morgan fingerprint density at radius 2 is 1.86 bits per heavy atom. The van der Waals surface area contributed by atoms with Gasteiger partial charge in [0.25, 0.3) is 0 Å². The van der Waals surface area contributed by atoms with Crippen LogP contribution in [-0.2, 0) is 14.8 Å². The van der Waals surface area contributed by atoms with Crippen molar-refractivity contribution in [3.05, 3.63) is 23.8 Å². The normalized spacial score (nSPS) is 11.1. The summed E-state index contributed by atoms with van der Waals surface area (Å²) in [7, 11) is -4.00. The third kappa shape index (κ3) is 5.40. The zero-order valence-electron chi connectivity index (χ0n) is 11.0. The molecule has 8 nitrogen and oxygen atoms in total. The van der Waals surface area contributed by atoms with E-state index in [0.717, 1.165) is 12.1 Å². The average Bonchev–Trinajstić information content (AvgIpc) is 2.36. The Kier molecular flexibility index (Phi) is 5.68. The van der Waals surface area contributed by atoms with E-state index in [4.69, 9.17) is 20.1 Å². The Labute approximate surface area is 121 Å². The number of sulfonamides is 1. The third-order valence-electron chi connectivity index (χ3n) is 2.55. The molecular formula is C12H15NO7S. The summed E-state index contributed by atoms with van der Waals surface area (Å²) in [5.74, 6) is -2.26. The lowest BCUT2D eigenvalue weighted by atomic mass is 10.2. The maximum atomic E-state index is 11.2. The van der Waals surface area contributed by atoms with Crippen LogP contribution in [0.15, 0.2) is 23.1 Å². The minimum atomic E-state index is -4.00. The number of primary sulfonamides is 1. The highest BCUT2D eigenvalue weighted by molar-refractivity contribution is 7.89. The molecule has 0 spiro atoms. The monoisotopic (exact) mass is 317 g/mol. The molecule has 0 heterocycles. The van der Waals surface area contributed by atoms with Gasteiger partial charge in [-0.1, -0.05) is 0 Å². The summed E-state index contributed by atoms with van der Waals surface area (Å²) < 4.78 is 27.6. The Balaban J connectivity index is 2.78. The van der Waals surface area contributed by atoms with Crippen molar-refractivity contribution in [3.63, 3.8) is 0 Å². The van der Waals surface area contributed by atoms with Gasteiger partial charge in [-0.3, -0.25) is 4.79 Å². The van der Waals surface area contributed by atoms with Crippen molar-refractivity contribution >= 4 is 22.0 Å². The van der Waals surface area contributed by atoms with Gasteiger partial charge in [0, 0.05) is 6.42 Å². The highest BCUT2D eigenvalue weighted by atomic mass is 32.2. The lowest BCUT2D eigenvalue weighted by molar-refractivity contribution is -0.137. The molecule has 0 aliphatic carbocycles. The van der Waals surface area contributed by atoms with Crippen LogP contribution in [0.3, 0.4) is 0 Å². The summed E-state index contributed by atoms with van der Waals surface area (Å²) in [6.07, 6.45) is 0.828.